The molecule has 5 nitrogen and oxygen atoms in total. The molecule has 0 saturated carbocycles. The molecule has 1 atom stereocenters. The molecule has 0 spiro atoms. The van der Waals surface area contributed by atoms with Crippen LogP contribution in [0.4, 0.5) is 0 Å². The number of aromatic nitrogens is 2. The molecule has 2 heterocycles. The Labute approximate surface area is 101 Å². The van der Waals surface area contributed by atoms with E-state index in [2.05, 4.69) is 23.7 Å². The lowest BCUT2D eigenvalue weighted by Crippen LogP contribution is -2.47. The van der Waals surface area contributed by atoms with Crippen molar-refractivity contribution >= 4 is 0 Å². The van der Waals surface area contributed by atoms with Gasteiger partial charge in [-0.2, -0.15) is 0 Å². The third-order valence-corrected chi connectivity index (χ3v) is 3.08. The van der Waals surface area contributed by atoms with Crippen LogP contribution in [-0.4, -0.2) is 46.3 Å². The predicted octanol–water partition coefficient (Wildman–Crippen LogP) is 0.353. The molecule has 5 heteroatoms. The van der Waals surface area contributed by atoms with E-state index in [1.807, 2.05) is 0 Å². The minimum absolute atomic E-state index is 0.0769. The Balaban J connectivity index is 2.00. The molecule has 2 rings (SSSR count). The number of morpholine rings is 1. The minimum atomic E-state index is -0.210. The van der Waals surface area contributed by atoms with Crippen molar-refractivity contribution in [3.05, 3.63) is 28.9 Å². The van der Waals surface area contributed by atoms with E-state index in [-0.39, 0.29) is 11.8 Å². The molecule has 1 saturated heterocycles. The van der Waals surface area contributed by atoms with E-state index >= 15 is 0 Å². The van der Waals surface area contributed by atoms with E-state index < -0.39 is 0 Å². The summed E-state index contributed by atoms with van der Waals surface area (Å²) in [7, 11) is 0. The van der Waals surface area contributed by atoms with Gasteiger partial charge in [0.2, 0.25) is 0 Å². The van der Waals surface area contributed by atoms with Gasteiger partial charge in [-0.15, -0.1) is 0 Å². The van der Waals surface area contributed by atoms with Gasteiger partial charge < -0.3 is 4.74 Å². The van der Waals surface area contributed by atoms with Crippen molar-refractivity contribution in [2.45, 2.75) is 32.5 Å². The maximum absolute atomic E-state index is 11.5. The van der Waals surface area contributed by atoms with Gasteiger partial charge in [0.1, 0.15) is 0 Å². The summed E-state index contributed by atoms with van der Waals surface area (Å²) in [5, 5.41) is 0. The highest BCUT2D eigenvalue weighted by Gasteiger charge is 2.22. The van der Waals surface area contributed by atoms with Crippen LogP contribution in [0.3, 0.4) is 0 Å². The average Bonchev–Trinajstić information content (AvgIpc) is 2.32. The van der Waals surface area contributed by atoms with Gasteiger partial charge in [0.25, 0.3) is 0 Å². The summed E-state index contributed by atoms with van der Waals surface area (Å²) in [5.74, 6) is 0. The SMILES string of the molecule is CC(C)N1CCOC(Cn2cccnc2=O)C1. The molecule has 17 heavy (non-hydrogen) atoms. The topological polar surface area (TPSA) is 47.4 Å². The van der Waals surface area contributed by atoms with Crippen LogP contribution >= 0.6 is 0 Å². The van der Waals surface area contributed by atoms with Crippen molar-refractivity contribution in [1.82, 2.24) is 14.5 Å². The summed E-state index contributed by atoms with van der Waals surface area (Å²) < 4.78 is 7.29. The molecular formula is C12H19N3O2. The summed E-state index contributed by atoms with van der Waals surface area (Å²) in [6, 6.07) is 2.29. The standard InChI is InChI=1S/C12H19N3O2/c1-10(2)14-6-7-17-11(8-14)9-15-5-3-4-13-12(15)16/h3-5,10-11H,6-9H2,1-2H3. The summed E-state index contributed by atoms with van der Waals surface area (Å²) in [5.41, 5.74) is -0.210. The first-order valence-electron chi connectivity index (χ1n) is 6.04. The summed E-state index contributed by atoms with van der Waals surface area (Å²) in [6.07, 6.45) is 3.35. The fourth-order valence-electron chi connectivity index (χ4n) is 2.07. The molecule has 1 aliphatic heterocycles. The second-order valence-corrected chi connectivity index (χ2v) is 4.64. The Hall–Kier alpha value is -1.20. The van der Waals surface area contributed by atoms with Crippen LogP contribution in [0, 0.1) is 0 Å². The van der Waals surface area contributed by atoms with Crippen LogP contribution < -0.4 is 5.69 Å². The van der Waals surface area contributed by atoms with Crippen molar-refractivity contribution in [1.29, 1.82) is 0 Å². The van der Waals surface area contributed by atoms with E-state index in [4.69, 9.17) is 4.74 Å². The summed E-state index contributed by atoms with van der Waals surface area (Å²) in [6.45, 7) is 7.51. The zero-order valence-corrected chi connectivity index (χ0v) is 10.4. The molecular weight excluding hydrogens is 218 g/mol. The lowest BCUT2D eigenvalue weighted by molar-refractivity contribution is -0.0461. The molecule has 1 aromatic heterocycles. The normalized spacial score (nSPS) is 21.9. The first kappa shape index (κ1) is 12.3. The minimum Gasteiger partial charge on any atom is -0.374 e. The van der Waals surface area contributed by atoms with E-state index in [9.17, 15) is 4.79 Å². The zero-order valence-electron chi connectivity index (χ0n) is 10.4. The Morgan fingerprint density at radius 2 is 2.41 bits per heavy atom. The van der Waals surface area contributed by atoms with Gasteiger partial charge in [-0.05, 0) is 19.9 Å². The van der Waals surface area contributed by atoms with Crippen LogP contribution in [0.2, 0.25) is 0 Å². The fourth-order valence-corrected chi connectivity index (χ4v) is 2.07. The molecule has 0 aromatic carbocycles. The van der Waals surface area contributed by atoms with Gasteiger partial charge >= 0.3 is 5.69 Å². The van der Waals surface area contributed by atoms with Gasteiger partial charge in [0.05, 0.1) is 19.3 Å². The number of hydrogen-bond acceptors (Lipinski definition) is 4. The van der Waals surface area contributed by atoms with Crippen LogP contribution in [0.25, 0.3) is 0 Å². The highest BCUT2D eigenvalue weighted by Crippen LogP contribution is 2.09. The van der Waals surface area contributed by atoms with Crippen molar-refractivity contribution in [3.63, 3.8) is 0 Å². The second kappa shape index (κ2) is 5.42. The molecule has 0 aliphatic carbocycles. The number of rotatable bonds is 3. The molecule has 1 unspecified atom stereocenters. The largest absolute Gasteiger partial charge is 0.374 e. The first-order valence-corrected chi connectivity index (χ1v) is 6.04. The highest BCUT2D eigenvalue weighted by atomic mass is 16.5. The lowest BCUT2D eigenvalue weighted by Gasteiger charge is -2.35. The second-order valence-electron chi connectivity index (χ2n) is 4.64. The van der Waals surface area contributed by atoms with Crippen LogP contribution in [0.15, 0.2) is 23.3 Å². The molecule has 94 valence electrons. The Morgan fingerprint density at radius 1 is 1.59 bits per heavy atom. The maximum atomic E-state index is 11.5. The number of ether oxygens (including phenoxy) is 1. The monoisotopic (exact) mass is 237 g/mol. The lowest BCUT2D eigenvalue weighted by atomic mass is 10.2. The van der Waals surface area contributed by atoms with Gasteiger partial charge in [-0.3, -0.25) is 9.47 Å². The molecule has 1 aromatic rings. The van der Waals surface area contributed by atoms with Gasteiger partial charge in [-0.1, -0.05) is 0 Å². The number of nitrogens with zero attached hydrogens (tertiary/aromatic N) is 3. The van der Waals surface area contributed by atoms with E-state index in [1.54, 1.807) is 16.8 Å². The van der Waals surface area contributed by atoms with Crippen molar-refractivity contribution < 1.29 is 4.74 Å². The van der Waals surface area contributed by atoms with Crippen LogP contribution in [0.1, 0.15) is 13.8 Å². The zero-order chi connectivity index (χ0) is 12.3. The van der Waals surface area contributed by atoms with Gasteiger partial charge in [0, 0.05) is 31.5 Å². The van der Waals surface area contributed by atoms with Gasteiger partial charge in [-0.25, -0.2) is 9.78 Å². The van der Waals surface area contributed by atoms with Crippen molar-refractivity contribution in [2.24, 2.45) is 0 Å². The molecule has 0 amide bonds. The Bertz CT molecular complexity index is 416. The Kier molecular flexibility index (Phi) is 3.91. The number of hydrogen-bond donors (Lipinski definition) is 0. The van der Waals surface area contributed by atoms with E-state index in [0.29, 0.717) is 12.6 Å². The Morgan fingerprint density at radius 3 is 3.12 bits per heavy atom. The highest BCUT2D eigenvalue weighted by molar-refractivity contribution is 4.83. The average molecular weight is 237 g/mol. The molecule has 1 fully saturated rings. The molecule has 0 bridgehead atoms. The molecule has 0 N–H and O–H groups in total. The van der Waals surface area contributed by atoms with Crippen molar-refractivity contribution in [2.75, 3.05) is 19.7 Å². The van der Waals surface area contributed by atoms with E-state index in [1.165, 1.54) is 6.20 Å². The first-order chi connectivity index (χ1) is 8.16. The third-order valence-electron chi connectivity index (χ3n) is 3.08. The van der Waals surface area contributed by atoms with Crippen molar-refractivity contribution in [3.8, 4) is 0 Å². The predicted molar refractivity (Wildman–Crippen MR) is 64.9 cm³/mol. The third kappa shape index (κ3) is 3.14. The van der Waals surface area contributed by atoms with E-state index in [0.717, 1.165) is 19.7 Å². The summed E-state index contributed by atoms with van der Waals surface area (Å²) in [4.78, 5) is 17.6. The summed E-state index contributed by atoms with van der Waals surface area (Å²) >= 11 is 0. The van der Waals surface area contributed by atoms with Crippen LogP contribution in [0.5, 0.6) is 0 Å². The maximum Gasteiger partial charge on any atom is 0.347 e. The van der Waals surface area contributed by atoms with Crippen LogP contribution in [-0.2, 0) is 11.3 Å². The smallest absolute Gasteiger partial charge is 0.347 e. The molecule has 0 radical (unpaired) electrons. The quantitative estimate of drug-likeness (QED) is 0.761. The fraction of sp³-hybridized carbons (Fsp3) is 0.667. The molecule has 1 aliphatic rings. The van der Waals surface area contributed by atoms with Gasteiger partial charge in [0.15, 0.2) is 0 Å².